The van der Waals surface area contributed by atoms with Crippen molar-refractivity contribution in [2.45, 2.75) is 26.9 Å². The van der Waals surface area contributed by atoms with Gasteiger partial charge in [0, 0.05) is 25.7 Å². The third kappa shape index (κ3) is 3.91. The van der Waals surface area contributed by atoms with Crippen molar-refractivity contribution in [1.29, 1.82) is 0 Å². The maximum absolute atomic E-state index is 12.1. The summed E-state index contributed by atoms with van der Waals surface area (Å²) in [6.45, 7) is 6.77. The molecule has 7 heteroatoms. The average molecular weight is 290 g/mol. The minimum atomic E-state index is -0.119. The Balaban J connectivity index is 2.12. The molecule has 0 unspecified atom stereocenters. The summed E-state index contributed by atoms with van der Waals surface area (Å²) < 4.78 is 3.34. The Labute approximate surface area is 124 Å². The van der Waals surface area contributed by atoms with Crippen LogP contribution in [-0.4, -0.2) is 39.7 Å². The molecule has 0 saturated heterocycles. The number of aryl methyl sites for hydroxylation is 2. The van der Waals surface area contributed by atoms with Crippen molar-refractivity contribution in [2.24, 2.45) is 0 Å². The molecule has 2 aromatic heterocycles. The van der Waals surface area contributed by atoms with Gasteiger partial charge < -0.3 is 10.6 Å². The van der Waals surface area contributed by atoms with Crippen LogP contribution in [0.15, 0.2) is 23.1 Å². The predicted octanol–water partition coefficient (Wildman–Crippen LogP) is 0.448. The van der Waals surface area contributed by atoms with Gasteiger partial charge in [0.15, 0.2) is 0 Å². The highest BCUT2D eigenvalue weighted by Gasteiger charge is 2.07. The molecule has 2 heterocycles. The monoisotopic (exact) mass is 290 g/mol. The molecule has 0 saturated carbocycles. The normalized spacial score (nSPS) is 10.8. The van der Waals surface area contributed by atoms with E-state index in [1.807, 2.05) is 31.6 Å². The van der Waals surface area contributed by atoms with Crippen LogP contribution in [0, 0.1) is 6.92 Å². The first kappa shape index (κ1) is 15.2. The van der Waals surface area contributed by atoms with Crippen molar-refractivity contribution in [3.05, 3.63) is 40.1 Å². The Morgan fingerprint density at radius 2 is 2.05 bits per heavy atom. The zero-order chi connectivity index (χ0) is 15.2. The van der Waals surface area contributed by atoms with E-state index < -0.39 is 0 Å². The molecule has 0 atom stereocenters. The molecule has 7 nitrogen and oxygen atoms in total. The Morgan fingerprint density at radius 1 is 1.24 bits per heavy atom. The van der Waals surface area contributed by atoms with Crippen LogP contribution in [0.3, 0.4) is 0 Å². The van der Waals surface area contributed by atoms with E-state index in [0.717, 1.165) is 36.7 Å². The molecule has 114 valence electrons. The van der Waals surface area contributed by atoms with E-state index in [-0.39, 0.29) is 5.56 Å². The van der Waals surface area contributed by atoms with Crippen LogP contribution in [0.4, 0.5) is 5.69 Å². The lowest BCUT2D eigenvalue weighted by atomic mass is 10.3. The van der Waals surface area contributed by atoms with E-state index in [1.165, 1.54) is 4.68 Å². The van der Waals surface area contributed by atoms with Gasteiger partial charge in [0.2, 0.25) is 0 Å². The van der Waals surface area contributed by atoms with Crippen LogP contribution in [0.5, 0.6) is 0 Å². The Morgan fingerprint density at radius 3 is 2.71 bits per heavy atom. The maximum Gasteiger partial charge on any atom is 0.269 e. The summed E-state index contributed by atoms with van der Waals surface area (Å²) in [4.78, 5) is 12.1. The van der Waals surface area contributed by atoms with E-state index in [2.05, 4.69) is 20.8 Å². The fourth-order valence-corrected chi connectivity index (χ4v) is 2.13. The average Bonchev–Trinajstić information content (AvgIpc) is 2.82. The predicted molar refractivity (Wildman–Crippen MR) is 82.7 cm³/mol. The first-order valence-corrected chi connectivity index (χ1v) is 7.13. The van der Waals surface area contributed by atoms with Crippen molar-refractivity contribution in [2.75, 3.05) is 25.5 Å². The molecule has 0 aliphatic heterocycles. The highest BCUT2D eigenvalue weighted by atomic mass is 16.1. The maximum atomic E-state index is 12.1. The third-order valence-corrected chi connectivity index (χ3v) is 3.17. The second kappa shape index (κ2) is 7.03. The van der Waals surface area contributed by atoms with Crippen LogP contribution in [0.25, 0.3) is 0 Å². The van der Waals surface area contributed by atoms with Gasteiger partial charge in [0.1, 0.15) is 0 Å². The van der Waals surface area contributed by atoms with E-state index >= 15 is 0 Å². The zero-order valence-corrected chi connectivity index (χ0v) is 12.8. The summed E-state index contributed by atoms with van der Waals surface area (Å²) in [6.07, 6.45) is 1.68. The van der Waals surface area contributed by atoms with Crippen molar-refractivity contribution in [3.63, 3.8) is 0 Å². The van der Waals surface area contributed by atoms with Gasteiger partial charge in [-0.3, -0.25) is 9.48 Å². The SMILES string of the molecule is CCn1nc(C)cc1Cn1ncc(NCCNC)cc1=O. The highest BCUT2D eigenvalue weighted by Crippen LogP contribution is 2.05. The van der Waals surface area contributed by atoms with Gasteiger partial charge in [-0.1, -0.05) is 0 Å². The topological polar surface area (TPSA) is 76.8 Å². The number of hydrogen-bond acceptors (Lipinski definition) is 5. The molecule has 21 heavy (non-hydrogen) atoms. The summed E-state index contributed by atoms with van der Waals surface area (Å²) in [5.74, 6) is 0. The molecular formula is C14H22N6O. The Kier molecular flexibility index (Phi) is 5.10. The highest BCUT2D eigenvalue weighted by molar-refractivity contribution is 5.38. The van der Waals surface area contributed by atoms with Crippen LogP contribution in [-0.2, 0) is 13.1 Å². The summed E-state index contributed by atoms with van der Waals surface area (Å²) in [5.41, 5.74) is 2.56. The molecule has 0 spiro atoms. The van der Waals surface area contributed by atoms with Gasteiger partial charge >= 0.3 is 0 Å². The molecule has 2 aromatic rings. The summed E-state index contributed by atoms with van der Waals surface area (Å²) in [7, 11) is 1.89. The number of aromatic nitrogens is 4. The molecule has 0 aliphatic carbocycles. The minimum absolute atomic E-state index is 0.119. The van der Waals surface area contributed by atoms with Crippen LogP contribution in [0.2, 0.25) is 0 Å². The van der Waals surface area contributed by atoms with Gasteiger partial charge in [-0.05, 0) is 27.0 Å². The number of hydrogen-bond donors (Lipinski definition) is 2. The smallest absolute Gasteiger partial charge is 0.269 e. The van der Waals surface area contributed by atoms with Crippen molar-refractivity contribution in [1.82, 2.24) is 24.9 Å². The lowest BCUT2D eigenvalue weighted by Crippen LogP contribution is -2.25. The first-order valence-electron chi connectivity index (χ1n) is 7.13. The van der Waals surface area contributed by atoms with E-state index in [0.29, 0.717) is 6.54 Å². The summed E-state index contributed by atoms with van der Waals surface area (Å²) in [6, 6.07) is 3.55. The molecule has 2 N–H and O–H groups in total. The third-order valence-electron chi connectivity index (χ3n) is 3.17. The summed E-state index contributed by atoms with van der Waals surface area (Å²) in [5, 5.41) is 14.8. The van der Waals surface area contributed by atoms with E-state index in [4.69, 9.17) is 0 Å². The molecule has 0 aliphatic rings. The molecule has 0 radical (unpaired) electrons. The first-order chi connectivity index (χ1) is 10.1. The lowest BCUT2D eigenvalue weighted by molar-refractivity contribution is 0.559. The largest absolute Gasteiger partial charge is 0.382 e. The van der Waals surface area contributed by atoms with E-state index in [1.54, 1.807) is 12.3 Å². The fraction of sp³-hybridized carbons (Fsp3) is 0.500. The van der Waals surface area contributed by atoms with Crippen molar-refractivity contribution < 1.29 is 0 Å². The van der Waals surface area contributed by atoms with Crippen molar-refractivity contribution >= 4 is 5.69 Å². The van der Waals surface area contributed by atoms with Crippen molar-refractivity contribution in [3.8, 4) is 0 Å². The molecule has 2 rings (SSSR count). The summed E-state index contributed by atoms with van der Waals surface area (Å²) >= 11 is 0. The van der Waals surface area contributed by atoms with Crippen LogP contribution < -0.4 is 16.2 Å². The van der Waals surface area contributed by atoms with Gasteiger partial charge in [0.25, 0.3) is 5.56 Å². The standard InChI is InChI=1S/C14H22N6O/c1-4-19-13(7-11(2)18-19)10-20-14(21)8-12(9-17-20)16-6-5-15-3/h7-9,15-16H,4-6,10H2,1-3H3. The lowest BCUT2D eigenvalue weighted by Gasteiger charge is -2.09. The van der Waals surface area contributed by atoms with Gasteiger partial charge in [-0.15, -0.1) is 0 Å². The van der Waals surface area contributed by atoms with Crippen LogP contribution >= 0.6 is 0 Å². The zero-order valence-electron chi connectivity index (χ0n) is 12.8. The molecule has 0 aromatic carbocycles. The molecule has 0 amide bonds. The van der Waals surface area contributed by atoms with E-state index in [9.17, 15) is 4.79 Å². The van der Waals surface area contributed by atoms with Gasteiger partial charge in [-0.25, -0.2) is 4.68 Å². The van der Waals surface area contributed by atoms with Gasteiger partial charge in [0.05, 0.1) is 29.8 Å². The molecule has 0 fully saturated rings. The fourth-order valence-electron chi connectivity index (χ4n) is 2.13. The minimum Gasteiger partial charge on any atom is -0.382 e. The second-order valence-corrected chi connectivity index (χ2v) is 4.86. The number of nitrogens with zero attached hydrogens (tertiary/aromatic N) is 4. The molecular weight excluding hydrogens is 268 g/mol. The Bertz CT molecular complexity index is 645. The van der Waals surface area contributed by atoms with Gasteiger partial charge in [-0.2, -0.15) is 10.2 Å². The number of likely N-dealkylation sites (N-methyl/N-ethyl adjacent to an activating group) is 1. The quantitative estimate of drug-likeness (QED) is 0.724. The molecule has 0 bridgehead atoms. The second-order valence-electron chi connectivity index (χ2n) is 4.86. The Hall–Kier alpha value is -2.15. The number of anilines is 1. The number of nitrogens with one attached hydrogen (secondary N) is 2. The number of rotatable bonds is 7. The van der Waals surface area contributed by atoms with Crippen LogP contribution in [0.1, 0.15) is 18.3 Å².